The number of ether oxygens (including phenoxy) is 1. The Kier molecular flexibility index (Phi) is 4.11. The Bertz CT molecular complexity index is 285. The van der Waals surface area contributed by atoms with Gasteiger partial charge >= 0.3 is 0 Å². The van der Waals surface area contributed by atoms with Gasteiger partial charge in [-0.25, -0.2) is 0 Å². The summed E-state index contributed by atoms with van der Waals surface area (Å²) < 4.78 is 5.33. The van der Waals surface area contributed by atoms with Crippen molar-refractivity contribution in [3.8, 4) is 0 Å². The summed E-state index contributed by atoms with van der Waals surface area (Å²) in [5.74, 6) is 0. The number of nitrogens with one attached hydrogen (secondary N) is 1. The van der Waals surface area contributed by atoms with Crippen LogP contribution < -0.4 is 5.32 Å². The number of benzene rings is 1. The van der Waals surface area contributed by atoms with E-state index in [-0.39, 0.29) is 12.1 Å². The van der Waals surface area contributed by atoms with E-state index in [4.69, 9.17) is 4.74 Å². The van der Waals surface area contributed by atoms with Gasteiger partial charge in [0.15, 0.2) is 0 Å². The molecule has 14 heavy (non-hydrogen) atoms. The van der Waals surface area contributed by atoms with Crippen molar-refractivity contribution in [2.75, 3.05) is 14.2 Å². The quantitative estimate of drug-likeness (QED) is 0.792. The summed E-state index contributed by atoms with van der Waals surface area (Å²) in [6, 6.07) is 8.77. The lowest BCUT2D eigenvalue weighted by atomic mass is 10.0. The maximum absolute atomic E-state index is 5.33. The molecule has 2 unspecified atom stereocenters. The maximum Gasteiger partial charge on any atom is 0.0737 e. The number of hydrogen-bond donors (Lipinski definition) is 1. The average Bonchev–Trinajstić information content (AvgIpc) is 2.19. The standard InChI is InChI=1S/C12H19NO/c1-9-6-5-7-11(8-9)12(13-3)10(2)14-4/h5-8,10,12-13H,1-4H3. The fourth-order valence-corrected chi connectivity index (χ4v) is 1.67. The highest BCUT2D eigenvalue weighted by molar-refractivity contribution is 5.25. The molecule has 0 aliphatic carbocycles. The monoisotopic (exact) mass is 193 g/mol. The van der Waals surface area contributed by atoms with Crippen LogP contribution in [0, 0.1) is 6.92 Å². The van der Waals surface area contributed by atoms with Crippen molar-refractivity contribution >= 4 is 0 Å². The molecular weight excluding hydrogens is 174 g/mol. The van der Waals surface area contributed by atoms with E-state index in [1.54, 1.807) is 7.11 Å². The van der Waals surface area contributed by atoms with Crippen LogP contribution >= 0.6 is 0 Å². The molecule has 0 aliphatic heterocycles. The van der Waals surface area contributed by atoms with Crippen LogP contribution in [0.1, 0.15) is 24.1 Å². The van der Waals surface area contributed by atoms with Gasteiger partial charge in [0.2, 0.25) is 0 Å². The third-order valence-corrected chi connectivity index (χ3v) is 2.55. The van der Waals surface area contributed by atoms with Gasteiger partial charge in [0.1, 0.15) is 0 Å². The first-order chi connectivity index (χ1) is 6.69. The molecule has 0 saturated carbocycles. The van der Waals surface area contributed by atoms with Gasteiger partial charge in [-0.3, -0.25) is 0 Å². The molecule has 1 aromatic carbocycles. The number of aryl methyl sites for hydroxylation is 1. The third-order valence-electron chi connectivity index (χ3n) is 2.55. The minimum absolute atomic E-state index is 0.182. The van der Waals surface area contributed by atoms with Crippen LogP contribution in [0.4, 0.5) is 0 Å². The summed E-state index contributed by atoms with van der Waals surface area (Å²) in [7, 11) is 3.70. The van der Waals surface area contributed by atoms with E-state index in [0.717, 1.165) is 0 Å². The van der Waals surface area contributed by atoms with E-state index in [0.29, 0.717) is 0 Å². The van der Waals surface area contributed by atoms with Gasteiger partial charge in [-0.1, -0.05) is 29.8 Å². The molecule has 1 rings (SSSR count). The largest absolute Gasteiger partial charge is 0.380 e. The third kappa shape index (κ3) is 2.56. The van der Waals surface area contributed by atoms with Crippen molar-refractivity contribution in [2.24, 2.45) is 0 Å². The molecule has 0 heterocycles. The molecule has 0 fully saturated rings. The van der Waals surface area contributed by atoms with Gasteiger partial charge in [0, 0.05) is 7.11 Å². The van der Waals surface area contributed by atoms with Crippen LogP contribution in [0.5, 0.6) is 0 Å². The fraction of sp³-hybridized carbons (Fsp3) is 0.500. The number of likely N-dealkylation sites (N-methyl/N-ethyl adjacent to an activating group) is 1. The molecule has 0 aliphatic rings. The van der Waals surface area contributed by atoms with Crippen LogP contribution in [0.3, 0.4) is 0 Å². The molecule has 78 valence electrons. The summed E-state index contributed by atoms with van der Waals surface area (Å²) >= 11 is 0. The summed E-state index contributed by atoms with van der Waals surface area (Å²) in [6.45, 7) is 4.18. The Morgan fingerprint density at radius 1 is 1.36 bits per heavy atom. The average molecular weight is 193 g/mol. The molecule has 0 saturated heterocycles. The summed E-state index contributed by atoms with van der Waals surface area (Å²) in [5.41, 5.74) is 2.56. The van der Waals surface area contributed by atoms with E-state index in [1.165, 1.54) is 11.1 Å². The molecule has 0 aromatic heterocycles. The highest BCUT2D eigenvalue weighted by Gasteiger charge is 2.16. The highest BCUT2D eigenvalue weighted by atomic mass is 16.5. The number of rotatable bonds is 4. The first-order valence-electron chi connectivity index (χ1n) is 4.95. The Balaban J connectivity index is 2.89. The first-order valence-corrected chi connectivity index (χ1v) is 4.95. The lowest BCUT2D eigenvalue weighted by Gasteiger charge is -2.23. The molecular formula is C12H19NO. The van der Waals surface area contributed by atoms with Gasteiger partial charge in [0.05, 0.1) is 12.1 Å². The van der Waals surface area contributed by atoms with Crippen LogP contribution in [-0.2, 0) is 4.74 Å². The fourth-order valence-electron chi connectivity index (χ4n) is 1.67. The zero-order valence-corrected chi connectivity index (χ0v) is 9.37. The van der Waals surface area contributed by atoms with Crippen molar-refractivity contribution in [3.63, 3.8) is 0 Å². The summed E-state index contributed by atoms with van der Waals surface area (Å²) in [4.78, 5) is 0. The second kappa shape index (κ2) is 5.13. The van der Waals surface area contributed by atoms with E-state index in [2.05, 4.69) is 43.4 Å². The molecule has 1 N–H and O–H groups in total. The lowest BCUT2D eigenvalue weighted by molar-refractivity contribution is 0.0857. The topological polar surface area (TPSA) is 21.3 Å². The van der Waals surface area contributed by atoms with E-state index < -0.39 is 0 Å². The summed E-state index contributed by atoms with van der Waals surface area (Å²) in [5, 5.41) is 3.27. The highest BCUT2D eigenvalue weighted by Crippen LogP contribution is 2.19. The van der Waals surface area contributed by atoms with Crippen molar-refractivity contribution in [3.05, 3.63) is 35.4 Å². The minimum Gasteiger partial charge on any atom is -0.380 e. The normalized spacial score (nSPS) is 15.1. The van der Waals surface area contributed by atoms with Crippen molar-refractivity contribution in [1.29, 1.82) is 0 Å². The second-order valence-electron chi connectivity index (χ2n) is 3.62. The Morgan fingerprint density at radius 3 is 2.57 bits per heavy atom. The molecule has 0 bridgehead atoms. The smallest absolute Gasteiger partial charge is 0.0737 e. The molecule has 0 spiro atoms. The van der Waals surface area contributed by atoms with Gasteiger partial charge in [-0.2, -0.15) is 0 Å². The number of hydrogen-bond acceptors (Lipinski definition) is 2. The molecule has 2 nitrogen and oxygen atoms in total. The van der Waals surface area contributed by atoms with Crippen molar-refractivity contribution < 1.29 is 4.74 Å². The zero-order chi connectivity index (χ0) is 10.6. The van der Waals surface area contributed by atoms with Gasteiger partial charge in [-0.05, 0) is 26.5 Å². The lowest BCUT2D eigenvalue weighted by Crippen LogP contribution is -2.28. The van der Waals surface area contributed by atoms with Crippen LogP contribution in [-0.4, -0.2) is 20.3 Å². The number of methoxy groups -OCH3 is 1. The summed E-state index contributed by atoms with van der Waals surface area (Å²) in [6.07, 6.45) is 0.182. The molecule has 0 amide bonds. The van der Waals surface area contributed by atoms with E-state index >= 15 is 0 Å². The van der Waals surface area contributed by atoms with Crippen molar-refractivity contribution in [2.45, 2.75) is 26.0 Å². The van der Waals surface area contributed by atoms with Crippen LogP contribution in [0.2, 0.25) is 0 Å². The van der Waals surface area contributed by atoms with E-state index in [1.807, 2.05) is 7.05 Å². The molecule has 1 aromatic rings. The van der Waals surface area contributed by atoms with E-state index in [9.17, 15) is 0 Å². The van der Waals surface area contributed by atoms with Crippen molar-refractivity contribution in [1.82, 2.24) is 5.32 Å². The van der Waals surface area contributed by atoms with Gasteiger partial charge in [-0.15, -0.1) is 0 Å². The Morgan fingerprint density at radius 2 is 2.07 bits per heavy atom. The first kappa shape index (κ1) is 11.2. The van der Waals surface area contributed by atoms with Gasteiger partial charge in [0.25, 0.3) is 0 Å². The molecule has 2 heteroatoms. The van der Waals surface area contributed by atoms with Gasteiger partial charge < -0.3 is 10.1 Å². The minimum atomic E-state index is 0.182. The Hall–Kier alpha value is -0.860. The zero-order valence-electron chi connectivity index (χ0n) is 9.37. The predicted octanol–water partition coefficient (Wildman–Crippen LogP) is 2.29. The van der Waals surface area contributed by atoms with Crippen LogP contribution in [0.15, 0.2) is 24.3 Å². The van der Waals surface area contributed by atoms with Crippen LogP contribution in [0.25, 0.3) is 0 Å². The Labute approximate surface area is 86.3 Å². The second-order valence-corrected chi connectivity index (χ2v) is 3.62. The predicted molar refractivity (Wildman–Crippen MR) is 59.5 cm³/mol. The SMILES string of the molecule is CNC(c1cccc(C)c1)C(C)OC. The maximum atomic E-state index is 5.33. The molecule has 2 atom stereocenters. The molecule has 0 radical (unpaired) electrons.